The van der Waals surface area contributed by atoms with Crippen LogP contribution in [-0.4, -0.2) is 50.3 Å². The smallest absolute Gasteiger partial charge is 0.191 e. The van der Waals surface area contributed by atoms with E-state index in [1.54, 1.807) is 14.2 Å². The van der Waals surface area contributed by atoms with E-state index in [0.29, 0.717) is 12.6 Å². The largest absolute Gasteiger partial charge is 0.383 e. The Balaban J connectivity index is 1.95. The maximum atomic E-state index is 5.17. The maximum Gasteiger partial charge on any atom is 0.191 e. The molecule has 1 aromatic carbocycles. The van der Waals surface area contributed by atoms with E-state index in [4.69, 9.17) is 4.74 Å². The van der Waals surface area contributed by atoms with Crippen LogP contribution in [0.15, 0.2) is 29.3 Å². The Morgan fingerprint density at radius 3 is 2.76 bits per heavy atom. The number of rotatable bonds is 7. The molecule has 0 spiro atoms. The Morgan fingerprint density at radius 1 is 1.32 bits per heavy atom. The fraction of sp³-hybridized carbons (Fsp3) is 0.650. The third-order valence-corrected chi connectivity index (χ3v) is 4.90. The van der Waals surface area contributed by atoms with Crippen molar-refractivity contribution >= 4 is 5.96 Å². The number of nitrogens with one attached hydrogen (secondary N) is 2. The van der Waals surface area contributed by atoms with Crippen LogP contribution in [0.2, 0.25) is 0 Å². The van der Waals surface area contributed by atoms with Gasteiger partial charge in [0, 0.05) is 39.3 Å². The summed E-state index contributed by atoms with van der Waals surface area (Å²) in [6, 6.07) is 9.62. The van der Waals surface area contributed by atoms with Gasteiger partial charge in [0.25, 0.3) is 0 Å². The number of nitrogens with zero attached hydrogens (tertiary/aromatic N) is 2. The lowest BCUT2D eigenvalue weighted by atomic mass is 10.0. The summed E-state index contributed by atoms with van der Waals surface area (Å²) in [7, 11) is 3.52. The minimum absolute atomic E-state index is 0.223. The number of piperidine rings is 1. The number of hydrogen-bond donors (Lipinski definition) is 2. The van der Waals surface area contributed by atoms with Gasteiger partial charge in [-0.25, -0.2) is 0 Å². The van der Waals surface area contributed by atoms with E-state index >= 15 is 0 Å². The minimum atomic E-state index is 0.223. The van der Waals surface area contributed by atoms with Gasteiger partial charge in [0.15, 0.2) is 5.96 Å². The summed E-state index contributed by atoms with van der Waals surface area (Å²) in [6.45, 7) is 8.11. The van der Waals surface area contributed by atoms with Gasteiger partial charge >= 0.3 is 0 Å². The highest BCUT2D eigenvalue weighted by Gasteiger charge is 2.19. The van der Waals surface area contributed by atoms with Crippen LogP contribution in [0.1, 0.15) is 44.2 Å². The van der Waals surface area contributed by atoms with Gasteiger partial charge < -0.3 is 15.4 Å². The molecule has 5 nitrogen and oxygen atoms in total. The average Bonchev–Trinajstić information content (AvgIpc) is 2.62. The molecule has 2 atom stereocenters. The number of benzene rings is 1. The molecule has 140 valence electrons. The summed E-state index contributed by atoms with van der Waals surface area (Å²) in [4.78, 5) is 6.92. The standard InChI is InChI=1S/C20H34N4O/c1-16(15-25-4)23-20(21-3)22-13-18-10-5-6-11-19(18)14-24-12-8-7-9-17(24)2/h5-6,10-11,16-17H,7-9,12-15H2,1-4H3,(H2,21,22,23). The fourth-order valence-electron chi connectivity index (χ4n) is 3.39. The van der Waals surface area contributed by atoms with Gasteiger partial charge in [-0.05, 0) is 44.4 Å². The SMILES string of the molecule is CN=C(NCc1ccccc1CN1CCCCC1C)NC(C)COC. The Morgan fingerprint density at radius 2 is 2.08 bits per heavy atom. The maximum absolute atomic E-state index is 5.17. The first-order chi connectivity index (χ1) is 12.1. The van der Waals surface area contributed by atoms with Crippen molar-refractivity contribution in [2.45, 2.75) is 58.3 Å². The van der Waals surface area contributed by atoms with Crippen molar-refractivity contribution < 1.29 is 4.74 Å². The number of likely N-dealkylation sites (tertiary alicyclic amines) is 1. The van der Waals surface area contributed by atoms with E-state index in [2.05, 4.69) is 58.6 Å². The second-order valence-electron chi connectivity index (χ2n) is 7.01. The molecular weight excluding hydrogens is 312 g/mol. The molecular formula is C20H34N4O. The van der Waals surface area contributed by atoms with Crippen LogP contribution in [0, 0.1) is 0 Å². The number of methoxy groups -OCH3 is 1. The van der Waals surface area contributed by atoms with E-state index in [-0.39, 0.29) is 6.04 Å². The van der Waals surface area contributed by atoms with Gasteiger partial charge in [-0.15, -0.1) is 0 Å². The Hall–Kier alpha value is -1.59. The summed E-state index contributed by atoms with van der Waals surface area (Å²) in [5.74, 6) is 0.811. The molecule has 1 saturated heterocycles. The van der Waals surface area contributed by atoms with Crippen molar-refractivity contribution in [2.75, 3.05) is 27.3 Å². The van der Waals surface area contributed by atoms with Crippen LogP contribution in [0.25, 0.3) is 0 Å². The van der Waals surface area contributed by atoms with Crippen LogP contribution in [0.5, 0.6) is 0 Å². The van der Waals surface area contributed by atoms with E-state index in [0.717, 1.165) is 19.0 Å². The molecule has 2 rings (SSSR count). The Kier molecular flexibility index (Phi) is 8.22. The van der Waals surface area contributed by atoms with Crippen molar-refractivity contribution in [1.82, 2.24) is 15.5 Å². The Bertz CT molecular complexity index is 546. The third-order valence-electron chi connectivity index (χ3n) is 4.90. The fourth-order valence-corrected chi connectivity index (χ4v) is 3.39. The number of aliphatic imine (C=N–C) groups is 1. The molecule has 0 aromatic heterocycles. The minimum Gasteiger partial charge on any atom is -0.383 e. The van der Waals surface area contributed by atoms with Crippen LogP contribution in [0.3, 0.4) is 0 Å². The normalized spacial score (nSPS) is 20.3. The molecule has 0 bridgehead atoms. The zero-order valence-corrected chi connectivity index (χ0v) is 16.2. The van der Waals surface area contributed by atoms with Crippen molar-refractivity contribution in [3.8, 4) is 0 Å². The molecule has 0 radical (unpaired) electrons. The highest BCUT2D eigenvalue weighted by atomic mass is 16.5. The van der Waals surface area contributed by atoms with Gasteiger partial charge in [-0.2, -0.15) is 0 Å². The molecule has 1 aliphatic heterocycles. The van der Waals surface area contributed by atoms with Crippen LogP contribution < -0.4 is 10.6 Å². The molecule has 1 heterocycles. The van der Waals surface area contributed by atoms with E-state index in [9.17, 15) is 0 Å². The quantitative estimate of drug-likeness (QED) is 0.589. The molecule has 0 amide bonds. The molecule has 0 saturated carbocycles. The lowest BCUT2D eigenvalue weighted by molar-refractivity contribution is 0.152. The number of hydrogen-bond acceptors (Lipinski definition) is 3. The first-order valence-corrected chi connectivity index (χ1v) is 9.41. The average molecular weight is 347 g/mol. The first kappa shape index (κ1) is 19.7. The van der Waals surface area contributed by atoms with Crippen LogP contribution >= 0.6 is 0 Å². The van der Waals surface area contributed by atoms with Crippen LogP contribution in [-0.2, 0) is 17.8 Å². The second-order valence-corrected chi connectivity index (χ2v) is 7.01. The zero-order valence-electron chi connectivity index (χ0n) is 16.2. The van der Waals surface area contributed by atoms with Gasteiger partial charge in [0.05, 0.1) is 6.61 Å². The van der Waals surface area contributed by atoms with Crippen molar-refractivity contribution in [3.63, 3.8) is 0 Å². The predicted octanol–water partition coefficient (Wildman–Crippen LogP) is 2.76. The van der Waals surface area contributed by atoms with Gasteiger partial charge in [0.1, 0.15) is 0 Å². The van der Waals surface area contributed by atoms with Gasteiger partial charge in [-0.1, -0.05) is 30.7 Å². The topological polar surface area (TPSA) is 48.9 Å². The van der Waals surface area contributed by atoms with Gasteiger partial charge in [-0.3, -0.25) is 9.89 Å². The van der Waals surface area contributed by atoms with E-state index < -0.39 is 0 Å². The molecule has 2 N–H and O–H groups in total. The van der Waals surface area contributed by atoms with Crippen LogP contribution in [0.4, 0.5) is 0 Å². The lowest BCUT2D eigenvalue weighted by Gasteiger charge is -2.33. The molecule has 1 aliphatic rings. The van der Waals surface area contributed by atoms with E-state index in [1.165, 1.54) is 36.9 Å². The molecule has 5 heteroatoms. The monoisotopic (exact) mass is 346 g/mol. The molecule has 25 heavy (non-hydrogen) atoms. The zero-order chi connectivity index (χ0) is 18.1. The predicted molar refractivity (Wildman–Crippen MR) is 105 cm³/mol. The highest BCUT2D eigenvalue weighted by Crippen LogP contribution is 2.20. The summed E-state index contributed by atoms with van der Waals surface area (Å²) in [6.07, 6.45) is 4.00. The number of ether oxygens (including phenoxy) is 1. The summed E-state index contributed by atoms with van der Waals surface area (Å²) in [5.41, 5.74) is 2.74. The highest BCUT2D eigenvalue weighted by molar-refractivity contribution is 5.79. The third kappa shape index (κ3) is 6.33. The van der Waals surface area contributed by atoms with Crippen molar-refractivity contribution in [3.05, 3.63) is 35.4 Å². The summed E-state index contributed by atoms with van der Waals surface area (Å²) < 4.78 is 5.17. The first-order valence-electron chi connectivity index (χ1n) is 9.41. The van der Waals surface area contributed by atoms with Gasteiger partial charge in [0.2, 0.25) is 0 Å². The molecule has 2 unspecified atom stereocenters. The lowest BCUT2D eigenvalue weighted by Crippen LogP contribution is -2.43. The molecule has 1 fully saturated rings. The second kappa shape index (κ2) is 10.4. The molecule has 1 aromatic rings. The summed E-state index contributed by atoms with van der Waals surface area (Å²) in [5, 5.41) is 6.78. The summed E-state index contributed by atoms with van der Waals surface area (Å²) >= 11 is 0. The van der Waals surface area contributed by atoms with Crippen molar-refractivity contribution in [1.29, 1.82) is 0 Å². The number of guanidine groups is 1. The molecule has 0 aliphatic carbocycles. The van der Waals surface area contributed by atoms with E-state index in [1.807, 2.05) is 0 Å². The Labute approximate surface area is 152 Å². The van der Waals surface area contributed by atoms with Crippen molar-refractivity contribution in [2.24, 2.45) is 4.99 Å².